The van der Waals surface area contributed by atoms with Crippen molar-refractivity contribution in [3.8, 4) is 0 Å². The van der Waals surface area contributed by atoms with Crippen molar-refractivity contribution in [2.75, 3.05) is 13.2 Å². The van der Waals surface area contributed by atoms with Gasteiger partial charge in [-0.05, 0) is 31.5 Å². The summed E-state index contributed by atoms with van der Waals surface area (Å²) in [5.74, 6) is -0.205. The second-order valence-electron chi connectivity index (χ2n) is 4.66. The molecule has 1 saturated heterocycles. The van der Waals surface area contributed by atoms with Gasteiger partial charge in [-0.15, -0.1) is 0 Å². The van der Waals surface area contributed by atoms with Crippen LogP contribution in [0.15, 0.2) is 22.7 Å². The normalized spacial score (nSPS) is 26.1. The number of morpholine rings is 1. The molecular weight excluding hydrogens is 285 g/mol. The van der Waals surface area contributed by atoms with Crippen molar-refractivity contribution in [2.24, 2.45) is 0 Å². The molecular formula is C13H17BrFNO. The van der Waals surface area contributed by atoms with E-state index < -0.39 is 0 Å². The lowest BCUT2D eigenvalue weighted by Crippen LogP contribution is -2.46. The van der Waals surface area contributed by atoms with Gasteiger partial charge in [-0.1, -0.05) is 22.0 Å². The fourth-order valence-corrected chi connectivity index (χ4v) is 2.54. The minimum atomic E-state index is -0.205. The first-order valence-electron chi connectivity index (χ1n) is 5.86. The van der Waals surface area contributed by atoms with Crippen molar-refractivity contribution in [2.45, 2.75) is 32.5 Å². The van der Waals surface area contributed by atoms with Gasteiger partial charge < -0.3 is 4.74 Å². The first-order chi connectivity index (χ1) is 8.06. The molecule has 4 heteroatoms. The van der Waals surface area contributed by atoms with Crippen molar-refractivity contribution in [3.05, 3.63) is 34.1 Å². The van der Waals surface area contributed by atoms with E-state index in [0.717, 1.165) is 29.7 Å². The summed E-state index contributed by atoms with van der Waals surface area (Å²) >= 11 is 3.41. The fourth-order valence-electron chi connectivity index (χ4n) is 2.06. The van der Waals surface area contributed by atoms with Crippen LogP contribution in [-0.4, -0.2) is 30.2 Å². The zero-order valence-corrected chi connectivity index (χ0v) is 11.7. The maximum absolute atomic E-state index is 13.0. The average molecular weight is 302 g/mol. The monoisotopic (exact) mass is 301 g/mol. The molecule has 2 atom stereocenters. The van der Waals surface area contributed by atoms with E-state index in [1.165, 1.54) is 12.1 Å². The Morgan fingerprint density at radius 1 is 1.47 bits per heavy atom. The second-order valence-corrected chi connectivity index (χ2v) is 5.51. The molecule has 2 rings (SSSR count). The van der Waals surface area contributed by atoms with Crippen LogP contribution in [0.5, 0.6) is 0 Å². The van der Waals surface area contributed by atoms with Gasteiger partial charge in [0, 0.05) is 23.6 Å². The van der Waals surface area contributed by atoms with Crippen LogP contribution in [0.3, 0.4) is 0 Å². The molecule has 1 heterocycles. The number of benzene rings is 1. The topological polar surface area (TPSA) is 12.5 Å². The highest BCUT2D eigenvalue weighted by Gasteiger charge is 2.23. The Hall–Kier alpha value is -0.450. The maximum Gasteiger partial charge on any atom is 0.124 e. The summed E-state index contributed by atoms with van der Waals surface area (Å²) in [5, 5.41) is 0. The van der Waals surface area contributed by atoms with E-state index in [1.807, 2.05) is 6.07 Å². The molecule has 0 spiro atoms. The molecule has 1 aromatic carbocycles. The molecule has 1 aliphatic heterocycles. The fraction of sp³-hybridized carbons (Fsp3) is 0.538. The van der Waals surface area contributed by atoms with E-state index in [0.29, 0.717) is 6.04 Å². The predicted molar refractivity (Wildman–Crippen MR) is 69.4 cm³/mol. The molecule has 1 aromatic rings. The number of halogens is 2. The molecule has 0 bridgehead atoms. The minimum absolute atomic E-state index is 0.205. The number of hydrogen-bond acceptors (Lipinski definition) is 2. The number of rotatable bonds is 2. The van der Waals surface area contributed by atoms with E-state index in [-0.39, 0.29) is 11.9 Å². The summed E-state index contributed by atoms with van der Waals surface area (Å²) in [5.41, 5.74) is 1.12. The lowest BCUT2D eigenvalue weighted by Gasteiger charge is -2.36. The highest BCUT2D eigenvalue weighted by atomic mass is 79.9. The molecule has 0 radical (unpaired) electrons. The highest BCUT2D eigenvalue weighted by molar-refractivity contribution is 9.10. The van der Waals surface area contributed by atoms with Gasteiger partial charge in [-0.3, -0.25) is 4.90 Å². The van der Waals surface area contributed by atoms with Crippen LogP contribution in [0.4, 0.5) is 4.39 Å². The second kappa shape index (κ2) is 5.46. The summed E-state index contributed by atoms with van der Waals surface area (Å²) in [4.78, 5) is 2.37. The van der Waals surface area contributed by atoms with Crippen molar-refractivity contribution >= 4 is 15.9 Å². The van der Waals surface area contributed by atoms with Crippen molar-refractivity contribution in [1.82, 2.24) is 4.90 Å². The van der Waals surface area contributed by atoms with Gasteiger partial charge in [-0.2, -0.15) is 0 Å². The molecule has 17 heavy (non-hydrogen) atoms. The van der Waals surface area contributed by atoms with Gasteiger partial charge in [0.15, 0.2) is 0 Å². The smallest absolute Gasteiger partial charge is 0.124 e. The van der Waals surface area contributed by atoms with Crippen LogP contribution < -0.4 is 0 Å². The standard InChI is InChI=1S/C13H17BrFNO/c1-9-8-17-10(2)6-16(9)7-11-3-4-12(15)5-13(11)14/h3-5,9-10H,6-8H2,1-2H3. The molecule has 0 N–H and O–H groups in total. The van der Waals surface area contributed by atoms with Gasteiger partial charge in [0.2, 0.25) is 0 Å². The third-order valence-electron chi connectivity index (χ3n) is 3.13. The van der Waals surface area contributed by atoms with E-state index in [1.54, 1.807) is 0 Å². The Bertz CT molecular complexity index is 399. The molecule has 2 nitrogen and oxygen atoms in total. The molecule has 0 amide bonds. The Morgan fingerprint density at radius 2 is 2.24 bits per heavy atom. The molecule has 2 unspecified atom stereocenters. The number of hydrogen-bond donors (Lipinski definition) is 0. The zero-order valence-electron chi connectivity index (χ0n) is 10.1. The van der Waals surface area contributed by atoms with Crippen LogP contribution in [0, 0.1) is 5.82 Å². The number of nitrogens with zero attached hydrogens (tertiary/aromatic N) is 1. The summed E-state index contributed by atoms with van der Waals surface area (Å²) in [7, 11) is 0. The predicted octanol–water partition coefficient (Wildman–Crippen LogP) is 3.20. The lowest BCUT2D eigenvalue weighted by atomic mass is 10.1. The third kappa shape index (κ3) is 3.27. The van der Waals surface area contributed by atoms with E-state index >= 15 is 0 Å². The zero-order chi connectivity index (χ0) is 12.4. The van der Waals surface area contributed by atoms with Crippen molar-refractivity contribution in [3.63, 3.8) is 0 Å². The molecule has 0 saturated carbocycles. The number of ether oxygens (including phenoxy) is 1. The van der Waals surface area contributed by atoms with Gasteiger partial charge in [0.1, 0.15) is 5.82 Å². The Morgan fingerprint density at radius 3 is 2.94 bits per heavy atom. The molecule has 94 valence electrons. The quantitative estimate of drug-likeness (QED) is 0.832. The molecule has 1 fully saturated rings. The van der Waals surface area contributed by atoms with Gasteiger partial charge in [0.25, 0.3) is 0 Å². The third-order valence-corrected chi connectivity index (χ3v) is 3.86. The SMILES string of the molecule is CC1CN(Cc2ccc(F)cc2Br)C(C)CO1. The lowest BCUT2D eigenvalue weighted by molar-refractivity contribution is -0.0527. The highest BCUT2D eigenvalue weighted by Crippen LogP contribution is 2.22. The average Bonchev–Trinajstić information content (AvgIpc) is 2.27. The Kier molecular flexibility index (Phi) is 4.17. The van der Waals surface area contributed by atoms with Crippen LogP contribution >= 0.6 is 15.9 Å². The summed E-state index contributed by atoms with van der Waals surface area (Å²) in [6.07, 6.45) is 0.269. The maximum atomic E-state index is 13.0. The van der Waals surface area contributed by atoms with Crippen LogP contribution in [0.1, 0.15) is 19.4 Å². The minimum Gasteiger partial charge on any atom is -0.376 e. The van der Waals surface area contributed by atoms with Crippen LogP contribution in [-0.2, 0) is 11.3 Å². The van der Waals surface area contributed by atoms with Gasteiger partial charge in [-0.25, -0.2) is 4.39 Å². The summed E-state index contributed by atoms with van der Waals surface area (Å²) in [6, 6.07) is 5.27. The Labute approximate surface area is 110 Å². The molecule has 0 aromatic heterocycles. The van der Waals surface area contributed by atoms with E-state index in [2.05, 4.69) is 34.7 Å². The van der Waals surface area contributed by atoms with Crippen molar-refractivity contribution < 1.29 is 9.13 Å². The largest absolute Gasteiger partial charge is 0.376 e. The van der Waals surface area contributed by atoms with Crippen LogP contribution in [0.25, 0.3) is 0 Å². The summed E-state index contributed by atoms with van der Waals surface area (Å²) in [6.45, 7) is 6.75. The molecule has 0 aliphatic carbocycles. The first-order valence-corrected chi connectivity index (χ1v) is 6.65. The van der Waals surface area contributed by atoms with Gasteiger partial charge in [0.05, 0.1) is 12.7 Å². The molecule has 1 aliphatic rings. The van der Waals surface area contributed by atoms with E-state index in [9.17, 15) is 4.39 Å². The summed E-state index contributed by atoms with van der Waals surface area (Å²) < 4.78 is 19.4. The first kappa shape index (κ1) is 13.0. The van der Waals surface area contributed by atoms with Crippen LogP contribution in [0.2, 0.25) is 0 Å². The Balaban J connectivity index is 2.08. The van der Waals surface area contributed by atoms with Crippen molar-refractivity contribution in [1.29, 1.82) is 0 Å². The van der Waals surface area contributed by atoms with E-state index in [4.69, 9.17) is 4.74 Å². The van der Waals surface area contributed by atoms with Gasteiger partial charge >= 0.3 is 0 Å².